The van der Waals surface area contributed by atoms with E-state index in [0.717, 1.165) is 49.4 Å². The van der Waals surface area contributed by atoms with Gasteiger partial charge in [0.15, 0.2) is 5.82 Å². The number of nitrogens with zero attached hydrogens (tertiary/aromatic N) is 5. The molecule has 1 unspecified atom stereocenters. The third-order valence-corrected chi connectivity index (χ3v) is 8.21. The molecule has 0 aliphatic carbocycles. The third kappa shape index (κ3) is 7.62. The molecule has 0 saturated carbocycles. The highest BCUT2D eigenvalue weighted by Crippen LogP contribution is 2.40. The minimum absolute atomic E-state index is 0.0758. The Hall–Kier alpha value is -5.20. The van der Waals surface area contributed by atoms with Crippen molar-refractivity contribution in [2.24, 2.45) is 0 Å². The Bertz CT molecular complexity index is 1710. The molecule has 0 radical (unpaired) electrons. The van der Waals surface area contributed by atoms with Gasteiger partial charge in [-0.3, -0.25) is 9.63 Å². The second-order valence-electron chi connectivity index (χ2n) is 11.4. The molecule has 4 aromatic rings. The highest BCUT2D eigenvalue weighted by Gasteiger charge is 2.29. The van der Waals surface area contributed by atoms with Gasteiger partial charge in [-0.2, -0.15) is 0 Å². The van der Waals surface area contributed by atoms with Crippen molar-refractivity contribution in [1.82, 2.24) is 14.9 Å². The van der Waals surface area contributed by atoms with Gasteiger partial charge in [0.1, 0.15) is 36.1 Å². The number of carbonyl (C=O) groups excluding carboxylic acids is 1. The Labute approximate surface area is 273 Å². The molecule has 1 aromatic heterocycles. The van der Waals surface area contributed by atoms with Crippen LogP contribution in [0.4, 0.5) is 33.1 Å². The number of hydrogen-bond acceptors (Lipinski definition) is 10. The molecule has 12 heteroatoms. The highest BCUT2D eigenvalue weighted by molar-refractivity contribution is 6.02. The lowest BCUT2D eigenvalue weighted by atomic mass is 10.0. The maximum absolute atomic E-state index is 13.5. The zero-order valence-corrected chi connectivity index (χ0v) is 26.5. The minimum Gasteiger partial charge on any atom is -0.494 e. The summed E-state index contributed by atoms with van der Waals surface area (Å²) in [5.74, 6) is 1.82. The van der Waals surface area contributed by atoms with E-state index in [4.69, 9.17) is 14.3 Å². The largest absolute Gasteiger partial charge is 0.494 e. The van der Waals surface area contributed by atoms with Gasteiger partial charge >= 0.3 is 0 Å². The number of halogens is 1. The number of nitrogens with one attached hydrogen (secondary N) is 2. The number of methoxy groups -OCH3 is 1. The number of piperazine rings is 1. The highest BCUT2D eigenvalue weighted by atomic mass is 19.1. The van der Waals surface area contributed by atoms with Crippen LogP contribution in [-0.4, -0.2) is 67.7 Å². The number of likely N-dealkylation sites (N-methyl/N-ethyl adjacent to an activating group) is 1. The monoisotopic (exact) mass is 639 g/mol. The molecule has 11 nitrogen and oxygen atoms in total. The predicted molar refractivity (Wildman–Crippen MR) is 180 cm³/mol. The van der Waals surface area contributed by atoms with Crippen molar-refractivity contribution in [3.63, 3.8) is 0 Å². The van der Waals surface area contributed by atoms with Gasteiger partial charge < -0.3 is 29.9 Å². The van der Waals surface area contributed by atoms with Crippen molar-refractivity contribution < 1.29 is 23.5 Å². The maximum atomic E-state index is 13.5. The number of ether oxygens (including phenoxy) is 2. The van der Waals surface area contributed by atoms with Crippen molar-refractivity contribution in [3.05, 3.63) is 103 Å². The first-order chi connectivity index (χ1) is 22.9. The molecule has 1 atom stereocenters. The average Bonchev–Trinajstić information content (AvgIpc) is 3.59. The van der Waals surface area contributed by atoms with Crippen LogP contribution >= 0.6 is 0 Å². The molecule has 2 N–H and O–H groups in total. The fourth-order valence-corrected chi connectivity index (χ4v) is 5.68. The second-order valence-corrected chi connectivity index (χ2v) is 11.4. The van der Waals surface area contributed by atoms with Crippen molar-refractivity contribution >= 4 is 34.6 Å². The van der Waals surface area contributed by atoms with Crippen LogP contribution in [0.15, 0.2) is 85.7 Å². The molecular weight excluding hydrogens is 601 g/mol. The molecule has 244 valence electrons. The number of rotatable bonds is 11. The van der Waals surface area contributed by atoms with Crippen molar-refractivity contribution in [2.75, 3.05) is 67.5 Å². The van der Waals surface area contributed by atoms with E-state index in [1.54, 1.807) is 18.2 Å². The molecule has 2 fully saturated rings. The van der Waals surface area contributed by atoms with Gasteiger partial charge in [-0.05, 0) is 54.6 Å². The lowest BCUT2D eigenvalue weighted by molar-refractivity contribution is -0.111. The maximum Gasteiger partial charge on any atom is 0.247 e. The Morgan fingerprint density at radius 2 is 1.87 bits per heavy atom. The van der Waals surface area contributed by atoms with Gasteiger partial charge in [-0.1, -0.05) is 30.8 Å². The quantitative estimate of drug-likeness (QED) is 0.199. The zero-order chi connectivity index (χ0) is 32.8. The lowest BCUT2D eigenvalue weighted by Gasteiger charge is -2.35. The molecule has 1 amide bonds. The standard InChI is InChI=1S/C35H38FN7O4/c1-4-35(44)40-28-19-29(32(45-3)20-31(28)42-15-13-41(2)14-16-42)39-33-21-34(38-23-37-33)43-30(12-17-47-43)25-8-10-27(11-9-25)46-22-24-6-5-7-26(36)18-24/h4-11,18-21,23,30H,1,12-17,22H2,2-3H3,(H,40,44)(H,37,38,39). The fraction of sp³-hybridized carbons (Fsp3) is 0.286. The van der Waals surface area contributed by atoms with E-state index in [1.807, 2.05) is 48.5 Å². The summed E-state index contributed by atoms with van der Waals surface area (Å²) in [5.41, 5.74) is 3.94. The molecule has 0 spiro atoms. The normalized spacial score (nSPS) is 16.5. The topological polar surface area (TPSA) is 104 Å². The van der Waals surface area contributed by atoms with E-state index in [0.29, 0.717) is 41.1 Å². The molecule has 47 heavy (non-hydrogen) atoms. The summed E-state index contributed by atoms with van der Waals surface area (Å²) in [6.45, 7) is 7.88. The number of anilines is 5. The molecule has 0 bridgehead atoms. The smallest absolute Gasteiger partial charge is 0.247 e. The number of hydrogen-bond donors (Lipinski definition) is 2. The first-order valence-electron chi connectivity index (χ1n) is 15.5. The number of amides is 1. The van der Waals surface area contributed by atoms with Crippen LogP contribution in [0, 0.1) is 5.82 Å². The van der Waals surface area contributed by atoms with E-state index in [1.165, 1.54) is 24.5 Å². The van der Waals surface area contributed by atoms with E-state index < -0.39 is 0 Å². The first kappa shape index (κ1) is 31.8. The fourth-order valence-electron chi connectivity index (χ4n) is 5.68. The van der Waals surface area contributed by atoms with Crippen molar-refractivity contribution in [3.8, 4) is 11.5 Å². The molecule has 6 rings (SSSR count). The summed E-state index contributed by atoms with van der Waals surface area (Å²) < 4.78 is 25.2. The molecule has 3 heterocycles. The van der Waals surface area contributed by atoms with Crippen LogP contribution in [0.2, 0.25) is 0 Å². The Morgan fingerprint density at radius 3 is 2.62 bits per heavy atom. The summed E-state index contributed by atoms with van der Waals surface area (Å²) in [4.78, 5) is 31.9. The SMILES string of the molecule is C=CC(=O)Nc1cc(Nc2cc(N3OCCC3c3ccc(OCc4cccc(F)c4)cc3)ncn2)c(OC)cc1N1CCN(C)CC1. The van der Waals surface area contributed by atoms with Crippen LogP contribution in [0.1, 0.15) is 23.6 Å². The predicted octanol–water partition coefficient (Wildman–Crippen LogP) is 5.71. The first-order valence-corrected chi connectivity index (χ1v) is 15.5. The molecular formula is C35H38FN7O4. The number of carbonyl (C=O) groups is 1. The number of hydroxylamine groups is 1. The van der Waals surface area contributed by atoms with Crippen LogP contribution in [0.5, 0.6) is 11.5 Å². The third-order valence-electron chi connectivity index (χ3n) is 8.21. The Morgan fingerprint density at radius 1 is 1.06 bits per heavy atom. The van der Waals surface area contributed by atoms with E-state index in [9.17, 15) is 9.18 Å². The molecule has 2 aliphatic heterocycles. The molecule has 2 saturated heterocycles. The van der Waals surface area contributed by atoms with Crippen molar-refractivity contribution in [2.45, 2.75) is 19.1 Å². The minimum atomic E-state index is -0.302. The van der Waals surface area contributed by atoms with Crippen LogP contribution in [-0.2, 0) is 16.2 Å². The van der Waals surface area contributed by atoms with Gasteiger partial charge in [0.05, 0.1) is 36.8 Å². The van der Waals surface area contributed by atoms with Gasteiger partial charge in [0.25, 0.3) is 0 Å². The van der Waals surface area contributed by atoms with Crippen molar-refractivity contribution in [1.29, 1.82) is 0 Å². The van der Waals surface area contributed by atoms with Gasteiger partial charge in [0.2, 0.25) is 5.91 Å². The van der Waals surface area contributed by atoms with E-state index >= 15 is 0 Å². The van der Waals surface area contributed by atoms with Gasteiger partial charge in [-0.15, -0.1) is 0 Å². The summed E-state index contributed by atoms with van der Waals surface area (Å²) in [6.07, 6.45) is 3.50. The summed E-state index contributed by atoms with van der Waals surface area (Å²) in [7, 11) is 3.71. The summed E-state index contributed by atoms with van der Waals surface area (Å²) >= 11 is 0. The summed E-state index contributed by atoms with van der Waals surface area (Å²) in [6, 6.07) is 19.7. The Balaban J connectivity index is 1.19. The van der Waals surface area contributed by atoms with Crippen LogP contribution in [0.25, 0.3) is 0 Å². The molecule has 2 aliphatic rings. The van der Waals surface area contributed by atoms with E-state index in [-0.39, 0.29) is 24.4 Å². The van der Waals surface area contributed by atoms with Crippen LogP contribution < -0.4 is 30.1 Å². The lowest BCUT2D eigenvalue weighted by Crippen LogP contribution is -2.44. The number of aromatic nitrogens is 2. The number of benzene rings is 3. The Kier molecular flexibility index (Phi) is 9.79. The zero-order valence-electron chi connectivity index (χ0n) is 26.5. The second kappa shape index (κ2) is 14.5. The van der Waals surface area contributed by atoms with E-state index in [2.05, 4.69) is 44.0 Å². The van der Waals surface area contributed by atoms with Gasteiger partial charge in [0, 0.05) is 44.7 Å². The molecule has 3 aromatic carbocycles. The summed E-state index contributed by atoms with van der Waals surface area (Å²) in [5, 5.41) is 8.09. The average molecular weight is 640 g/mol. The van der Waals surface area contributed by atoms with Crippen LogP contribution in [0.3, 0.4) is 0 Å². The van der Waals surface area contributed by atoms with Gasteiger partial charge in [-0.25, -0.2) is 19.4 Å².